The van der Waals surface area contributed by atoms with Crippen LogP contribution >= 0.6 is 0 Å². The molecule has 10 nitrogen and oxygen atoms in total. The molecule has 0 unspecified atom stereocenters. The summed E-state index contributed by atoms with van der Waals surface area (Å²) >= 11 is 0. The minimum Gasteiger partial charge on any atom is -0.493 e. The molecule has 0 radical (unpaired) electrons. The van der Waals surface area contributed by atoms with E-state index in [4.69, 9.17) is 14.2 Å². The number of nitrogens with one attached hydrogen (secondary N) is 3. The Bertz CT molecular complexity index is 1090. The van der Waals surface area contributed by atoms with Gasteiger partial charge in [0, 0.05) is 36.3 Å². The summed E-state index contributed by atoms with van der Waals surface area (Å²) in [7, 11) is 4.40. The van der Waals surface area contributed by atoms with Gasteiger partial charge in [0.1, 0.15) is 0 Å². The van der Waals surface area contributed by atoms with Gasteiger partial charge in [0.05, 0.1) is 25.5 Å². The molecule has 35 heavy (non-hydrogen) atoms. The minimum absolute atomic E-state index is 0.0386. The van der Waals surface area contributed by atoms with Gasteiger partial charge in [-0.3, -0.25) is 14.4 Å². The standard InChI is InChI=1S/C25H29N3O7/c1-26-23(30)16-8-10-17(11-9-16)27-22(29)14-35-25(32)18-12-20(33-2)21(34-3)13-19(18)28-24(31)15-6-4-5-7-15/h8-13,15H,4-7,14H2,1-3H3,(H,26,30)(H,27,29)(H,28,31). The summed E-state index contributed by atoms with van der Waals surface area (Å²) in [5.41, 5.74) is 1.14. The molecule has 2 aromatic carbocycles. The molecule has 186 valence electrons. The number of carbonyl (C=O) groups excluding carboxylic acids is 4. The van der Waals surface area contributed by atoms with Gasteiger partial charge in [-0.1, -0.05) is 12.8 Å². The first-order valence-corrected chi connectivity index (χ1v) is 11.2. The van der Waals surface area contributed by atoms with Crippen LogP contribution in [0.3, 0.4) is 0 Å². The predicted octanol–water partition coefficient (Wildman–Crippen LogP) is 2.99. The van der Waals surface area contributed by atoms with Gasteiger partial charge < -0.3 is 30.2 Å². The third-order valence-corrected chi connectivity index (χ3v) is 5.72. The largest absolute Gasteiger partial charge is 0.493 e. The number of amides is 3. The third kappa shape index (κ3) is 6.50. The molecule has 3 amide bonds. The molecule has 0 heterocycles. The van der Waals surface area contributed by atoms with Crippen LogP contribution in [-0.2, 0) is 14.3 Å². The monoisotopic (exact) mass is 483 g/mol. The van der Waals surface area contributed by atoms with Crippen molar-refractivity contribution in [2.24, 2.45) is 5.92 Å². The van der Waals surface area contributed by atoms with Gasteiger partial charge in [0.25, 0.3) is 11.8 Å². The number of ether oxygens (including phenoxy) is 3. The summed E-state index contributed by atoms with van der Waals surface area (Å²) in [6, 6.07) is 9.15. The predicted molar refractivity (Wildman–Crippen MR) is 129 cm³/mol. The average molecular weight is 484 g/mol. The molecule has 0 spiro atoms. The number of methoxy groups -OCH3 is 2. The van der Waals surface area contributed by atoms with E-state index in [1.165, 1.54) is 33.4 Å². The number of anilines is 2. The molecule has 3 N–H and O–H groups in total. The summed E-state index contributed by atoms with van der Waals surface area (Å²) in [5, 5.41) is 7.90. The zero-order valence-electron chi connectivity index (χ0n) is 19.9. The molecule has 10 heteroatoms. The van der Waals surface area contributed by atoms with Crippen molar-refractivity contribution in [2.45, 2.75) is 25.7 Å². The average Bonchev–Trinajstić information content (AvgIpc) is 3.42. The zero-order valence-corrected chi connectivity index (χ0v) is 19.9. The molecule has 1 saturated carbocycles. The number of hydrogen-bond acceptors (Lipinski definition) is 7. The first-order chi connectivity index (χ1) is 16.9. The highest BCUT2D eigenvalue weighted by atomic mass is 16.5. The number of hydrogen-bond donors (Lipinski definition) is 3. The Kier molecular flexibility index (Phi) is 8.66. The highest BCUT2D eigenvalue weighted by Crippen LogP contribution is 2.35. The number of carbonyl (C=O) groups is 4. The fourth-order valence-electron chi connectivity index (χ4n) is 3.83. The van der Waals surface area contributed by atoms with E-state index in [1.54, 1.807) is 24.3 Å². The molecule has 2 aromatic rings. The molecule has 0 bridgehead atoms. The van der Waals surface area contributed by atoms with E-state index in [-0.39, 0.29) is 34.7 Å². The van der Waals surface area contributed by atoms with E-state index in [1.807, 2.05) is 0 Å². The number of esters is 1. The van der Waals surface area contributed by atoms with E-state index < -0.39 is 18.5 Å². The zero-order chi connectivity index (χ0) is 25.4. The van der Waals surface area contributed by atoms with Crippen LogP contribution in [0.5, 0.6) is 11.5 Å². The first kappa shape index (κ1) is 25.5. The topological polar surface area (TPSA) is 132 Å². The number of rotatable bonds is 9. The van der Waals surface area contributed by atoms with Crippen LogP contribution in [0, 0.1) is 5.92 Å². The lowest BCUT2D eigenvalue weighted by Gasteiger charge is -2.17. The minimum atomic E-state index is -0.808. The summed E-state index contributed by atoms with van der Waals surface area (Å²) in [5.74, 6) is -1.31. The molecule has 0 atom stereocenters. The lowest BCUT2D eigenvalue weighted by atomic mass is 10.1. The van der Waals surface area contributed by atoms with Gasteiger partial charge in [0.15, 0.2) is 18.1 Å². The maximum atomic E-state index is 12.9. The Balaban J connectivity index is 1.69. The Morgan fingerprint density at radius 3 is 2.14 bits per heavy atom. The van der Waals surface area contributed by atoms with Gasteiger partial charge in [-0.2, -0.15) is 0 Å². The lowest BCUT2D eigenvalue weighted by Crippen LogP contribution is -2.24. The van der Waals surface area contributed by atoms with E-state index in [9.17, 15) is 19.2 Å². The molecule has 0 aliphatic heterocycles. The van der Waals surface area contributed by atoms with Crippen LogP contribution in [0.25, 0.3) is 0 Å². The summed E-state index contributed by atoms with van der Waals surface area (Å²) < 4.78 is 15.8. The van der Waals surface area contributed by atoms with Crippen molar-refractivity contribution in [2.75, 3.05) is 38.5 Å². The summed E-state index contributed by atoms with van der Waals surface area (Å²) in [4.78, 5) is 49.4. The SMILES string of the molecule is CNC(=O)c1ccc(NC(=O)COC(=O)c2cc(OC)c(OC)cc2NC(=O)C2CCCC2)cc1. The van der Waals surface area contributed by atoms with Crippen molar-refractivity contribution >= 4 is 35.1 Å². The van der Waals surface area contributed by atoms with Gasteiger partial charge in [-0.15, -0.1) is 0 Å². The number of benzene rings is 2. The maximum absolute atomic E-state index is 12.9. The van der Waals surface area contributed by atoms with Crippen molar-refractivity contribution in [1.29, 1.82) is 0 Å². The molecule has 1 aliphatic carbocycles. The summed E-state index contributed by atoms with van der Waals surface area (Å²) in [6.07, 6.45) is 3.57. The van der Waals surface area contributed by atoms with Crippen LogP contribution in [0.15, 0.2) is 36.4 Å². The third-order valence-electron chi connectivity index (χ3n) is 5.72. The van der Waals surface area contributed by atoms with Gasteiger partial charge >= 0.3 is 5.97 Å². The fraction of sp³-hybridized carbons (Fsp3) is 0.360. The molecule has 1 aliphatic rings. The van der Waals surface area contributed by atoms with Gasteiger partial charge in [0.2, 0.25) is 5.91 Å². The van der Waals surface area contributed by atoms with E-state index in [0.717, 1.165) is 25.7 Å². The quantitative estimate of drug-likeness (QED) is 0.467. The molecular weight excluding hydrogens is 454 g/mol. The molecule has 0 aromatic heterocycles. The van der Waals surface area contributed by atoms with Crippen LogP contribution in [0.2, 0.25) is 0 Å². The van der Waals surface area contributed by atoms with E-state index in [0.29, 0.717) is 17.0 Å². The molecule has 3 rings (SSSR count). The Morgan fingerprint density at radius 1 is 0.914 bits per heavy atom. The van der Waals surface area contributed by atoms with Crippen LogP contribution in [0.4, 0.5) is 11.4 Å². The second-order valence-electron chi connectivity index (χ2n) is 8.00. The van der Waals surface area contributed by atoms with Crippen molar-refractivity contribution in [3.8, 4) is 11.5 Å². The van der Waals surface area contributed by atoms with Crippen molar-refractivity contribution < 1.29 is 33.4 Å². The Labute approximate surface area is 203 Å². The normalized spacial score (nSPS) is 13.0. The fourth-order valence-corrected chi connectivity index (χ4v) is 3.83. The van der Waals surface area contributed by atoms with Gasteiger partial charge in [-0.25, -0.2) is 4.79 Å². The van der Waals surface area contributed by atoms with Crippen LogP contribution in [0.1, 0.15) is 46.4 Å². The molecular formula is C25H29N3O7. The highest BCUT2D eigenvalue weighted by molar-refractivity contribution is 6.04. The van der Waals surface area contributed by atoms with Crippen LogP contribution < -0.4 is 25.4 Å². The Morgan fingerprint density at radius 2 is 1.54 bits per heavy atom. The van der Waals surface area contributed by atoms with Crippen molar-refractivity contribution in [3.63, 3.8) is 0 Å². The van der Waals surface area contributed by atoms with Crippen molar-refractivity contribution in [3.05, 3.63) is 47.5 Å². The van der Waals surface area contributed by atoms with E-state index in [2.05, 4.69) is 16.0 Å². The smallest absolute Gasteiger partial charge is 0.340 e. The highest BCUT2D eigenvalue weighted by Gasteiger charge is 2.26. The van der Waals surface area contributed by atoms with Crippen LogP contribution in [-0.4, -0.2) is 51.6 Å². The molecule has 1 fully saturated rings. The Hall–Kier alpha value is -4.08. The lowest BCUT2D eigenvalue weighted by molar-refractivity contribution is -0.120. The van der Waals surface area contributed by atoms with E-state index >= 15 is 0 Å². The molecule has 0 saturated heterocycles. The van der Waals surface area contributed by atoms with Crippen molar-refractivity contribution in [1.82, 2.24) is 5.32 Å². The van der Waals surface area contributed by atoms with Gasteiger partial charge in [-0.05, 0) is 37.1 Å². The summed E-state index contributed by atoms with van der Waals surface area (Å²) in [6.45, 7) is -0.555. The second kappa shape index (κ2) is 11.9. The maximum Gasteiger partial charge on any atom is 0.340 e. The first-order valence-electron chi connectivity index (χ1n) is 11.2. The second-order valence-corrected chi connectivity index (χ2v) is 8.00.